The average Bonchev–Trinajstić information content (AvgIpc) is 1.94. The Morgan fingerprint density at radius 1 is 1.42 bits per heavy atom. The van der Waals surface area contributed by atoms with Gasteiger partial charge in [-0.05, 0) is 12.1 Å². The molecule has 1 N–H and O–H groups in total. The molecule has 12 heavy (non-hydrogen) atoms. The predicted octanol–water partition coefficient (Wildman–Crippen LogP) is 2.19. The minimum atomic E-state index is -1.87. The monoisotopic (exact) mass is 211 g/mol. The standard InChI is InChI=1S/C6H4ClF2NOS/c7-12(11)10-6-2-1-4(8)3-5(6)9/h1-3,10H. The van der Waals surface area contributed by atoms with Crippen LogP contribution < -0.4 is 4.72 Å². The summed E-state index contributed by atoms with van der Waals surface area (Å²) in [5, 5.41) is 0. The summed E-state index contributed by atoms with van der Waals surface area (Å²) in [4.78, 5) is 0. The summed E-state index contributed by atoms with van der Waals surface area (Å²) in [5.41, 5.74) is -0.0928. The lowest BCUT2D eigenvalue weighted by Crippen LogP contribution is -1.99. The second kappa shape index (κ2) is 3.82. The molecular formula is C6H4ClF2NOS. The van der Waals surface area contributed by atoms with Gasteiger partial charge in [-0.2, -0.15) is 0 Å². The molecule has 0 aliphatic rings. The van der Waals surface area contributed by atoms with Crippen molar-refractivity contribution in [1.29, 1.82) is 0 Å². The van der Waals surface area contributed by atoms with Crippen LogP contribution in [0.3, 0.4) is 0 Å². The van der Waals surface area contributed by atoms with Crippen LogP contribution in [0.1, 0.15) is 0 Å². The summed E-state index contributed by atoms with van der Waals surface area (Å²) in [7, 11) is 3.15. The number of halogens is 3. The van der Waals surface area contributed by atoms with Gasteiger partial charge in [0.1, 0.15) is 11.6 Å². The Bertz CT molecular complexity index is 320. The first kappa shape index (κ1) is 9.41. The molecular weight excluding hydrogens is 208 g/mol. The van der Waals surface area contributed by atoms with E-state index in [1.165, 1.54) is 0 Å². The molecule has 0 bridgehead atoms. The third-order valence-electron chi connectivity index (χ3n) is 1.12. The molecule has 1 unspecified atom stereocenters. The van der Waals surface area contributed by atoms with Crippen LogP contribution in [-0.2, 0) is 10.2 Å². The third kappa shape index (κ3) is 2.42. The Balaban J connectivity index is 2.93. The first-order valence-corrected chi connectivity index (χ1v) is 4.87. The van der Waals surface area contributed by atoms with Crippen molar-refractivity contribution in [2.45, 2.75) is 0 Å². The van der Waals surface area contributed by atoms with E-state index >= 15 is 0 Å². The summed E-state index contributed by atoms with van der Waals surface area (Å²) in [6, 6.07) is 2.83. The van der Waals surface area contributed by atoms with Gasteiger partial charge in [0.05, 0.1) is 5.69 Å². The molecule has 0 saturated carbocycles. The highest BCUT2D eigenvalue weighted by Gasteiger charge is 2.04. The highest BCUT2D eigenvalue weighted by molar-refractivity contribution is 8.09. The van der Waals surface area contributed by atoms with Crippen LogP contribution in [0.15, 0.2) is 18.2 Å². The molecule has 66 valence electrons. The van der Waals surface area contributed by atoms with Crippen LogP contribution in [0.2, 0.25) is 0 Å². The van der Waals surface area contributed by atoms with E-state index in [2.05, 4.69) is 4.72 Å². The van der Waals surface area contributed by atoms with Crippen molar-refractivity contribution in [3.8, 4) is 0 Å². The Hall–Kier alpha value is -0.680. The Kier molecular flexibility index (Phi) is 2.99. The molecule has 1 atom stereocenters. The lowest BCUT2D eigenvalue weighted by atomic mass is 10.3. The average molecular weight is 212 g/mol. The number of hydrogen-bond acceptors (Lipinski definition) is 1. The molecule has 0 radical (unpaired) electrons. The van der Waals surface area contributed by atoms with Crippen molar-refractivity contribution in [1.82, 2.24) is 0 Å². The molecule has 6 heteroatoms. The fourth-order valence-corrected chi connectivity index (χ4v) is 1.25. The van der Waals surface area contributed by atoms with Crippen molar-refractivity contribution in [2.24, 2.45) is 0 Å². The van der Waals surface area contributed by atoms with Gasteiger partial charge in [0.15, 0.2) is 0 Å². The number of anilines is 1. The minimum Gasteiger partial charge on any atom is -0.289 e. The number of rotatable bonds is 2. The van der Waals surface area contributed by atoms with Crippen LogP contribution in [0.4, 0.5) is 14.5 Å². The summed E-state index contributed by atoms with van der Waals surface area (Å²) >= 11 is 0. The normalized spacial score (nSPS) is 12.6. The van der Waals surface area contributed by atoms with Crippen LogP contribution in [-0.4, -0.2) is 4.21 Å². The molecule has 0 heterocycles. The van der Waals surface area contributed by atoms with Crippen molar-refractivity contribution < 1.29 is 13.0 Å². The van der Waals surface area contributed by atoms with Crippen molar-refractivity contribution in [2.75, 3.05) is 4.72 Å². The van der Waals surface area contributed by atoms with Crippen molar-refractivity contribution in [3.05, 3.63) is 29.8 Å². The zero-order valence-electron chi connectivity index (χ0n) is 5.68. The van der Waals surface area contributed by atoms with Crippen molar-refractivity contribution >= 4 is 26.6 Å². The highest BCUT2D eigenvalue weighted by atomic mass is 35.7. The summed E-state index contributed by atoms with van der Waals surface area (Å²) in [6.07, 6.45) is 0. The van der Waals surface area contributed by atoms with Gasteiger partial charge in [0, 0.05) is 16.7 Å². The molecule has 0 aliphatic carbocycles. The maximum Gasteiger partial charge on any atom is 0.215 e. The van der Waals surface area contributed by atoms with E-state index in [1.54, 1.807) is 0 Å². The predicted molar refractivity (Wildman–Crippen MR) is 44.0 cm³/mol. The molecule has 1 aromatic carbocycles. The number of nitrogens with one attached hydrogen (secondary N) is 1. The zero-order chi connectivity index (χ0) is 9.14. The van der Waals surface area contributed by atoms with E-state index in [-0.39, 0.29) is 5.69 Å². The van der Waals surface area contributed by atoms with Gasteiger partial charge in [0.2, 0.25) is 10.2 Å². The summed E-state index contributed by atoms with van der Waals surface area (Å²) in [5.74, 6) is -1.53. The molecule has 0 fully saturated rings. The van der Waals surface area contributed by atoms with Crippen LogP contribution >= 0.6 is 10.7 Å². The van der Waals surface area contributed by atoms with E-state index in [4.69, 9.17) is 10.7 Å². The molecule has 0 aromatic heterocycles. The summed E-state index contributed by atoms with van der Waals surface area (Å²) in [6.45, 7) is 0. The topological polar surface area (TPSA) is 29.1 Å². The maximum atomic E-state index is 12.7. The molecule has 2 nitrogen and oxygen atoms in total. The van der Waals surface area contributed by atoms with Gasteiger partial charge < -0.3 is 0 Å². The SMILES string of the molecule is O=S(Cl)Nc1ccc(F)cc1F. The first-order valence-electron chi connectivity index (χ1n) is 2.89. The molecule has 0 amide bonds. The molecule has 0 aliphatic heterocycles. The van der Waals surface area contributed by atoms with E-state index in [0.717, 1.165) is 12.1 Å². The largest absolute Gasteiger partial charge is 0.289 e. The van der Waals surface area contributed by atoms with E-state index in [9.17, 15) is 13.0 Å². The molecule has 1 rings (SSSR count). The number of benzene rings is 1. The van der Waals surface area contributed by atoms with Gasteiger partial charge in [0.25, 0.3) is 0 Å². The fourth-order valence-electron chi connectivity index (χ4n) is 0.659. The van der Waals surface area contributed by atoms with Gasteiger partial charge in [-0.15, -0.1) is 0 Å². The molecule has 0 saturated heterocycles. The zero-order valence-corrected chi connectivity index (χ0v) is 7.25. The first-order chi connectivity index (χ1) is 5.59. The van der Waals surface area contributed by atoms with E-state index in [0.29, 0.717) is 6.07 Å². The summed E-state index contributed by atoms with van der Waals surface area (Å²) < 4.78 is 37.5. The van der Waals surface area contributed by atoms with Crippen LogP contribution in [0.5, 0.6) is 0 Å². The van der Waals surface area contributed by atoms with Gasteiger partial charge in [-0.1, -0.05) is 0 Å². The Morgan fingerprint density at radius 3 is 2.58 bits per heavy atom. The van der Waals surface area contributed by atoms with Crippen LogP contribution in [0, 0.1) is 11.6 Å². The van der Waals surface area contributed by atoms with Crippen molar-refractivity contribution in [3.63, 3.8) is 0 Å². The minimum absolute atomic E-state index is 0.0928. The Morgan fingerprint density at radius 2 is 2.08 bits per heavy atom. The van der Waals surface area contributed by atoms with E-state index < -0.39 is 21.8 Å². The van der Waals surface area contributed by atoms with Crippen LogP contribution in [0.25, 0.3) is 0 Å². The molecule has 1 aromatic rings. The van der Waals surface area contributed by atoms with Gasteiger partial charge in [-0.3, -0.25) is 4.72 Å². The van der Waals surface area contributed by atoms with E-state index in [1.807, 2.05) is 0 Å². The lowest BCUT2D eigenvalue weighted by Gasteiger charge is -2.01. The fraction of sp³-hybridized carbons (Fsp3) is 0. The Labute approximate surface area is 74.6 Å². The third-order valence-corrected chi connectivity index (χ3v) is 1.73. The van der Waals surface area contributed by atoms with Gasteiger partial charge in [-0.25, -0.2) is 13.0 Å². The maximum absolute atomic E-state index is 12.7. The smallest absolute Gasteiger partial charge is 0.215 e. The lowest BCUT2D eigenvalue weighted by molar-refractivity contribution is 0.586. The quantitative estimate of drug-likeness (QED) is 0.747. The highest BCUT2D eigenvalue weighted by Crippen LogP contribution is 2.15. The number of hydrogen-bond donors (Lipinski definition) is 1. The van der Waals surface area contributed by atoms with Gasteiger partial charge >= 0.3 is 0 Å². The second-order valence-corrected chi connectivity index (χ2v) is 3.44. The molecule has 0 spiro atoms. The second-order valence-electron chi connectivity index (χ2n) is 1.95.